The van der Waals surface area contributed by atoms with Crippen LogP contribution in [-0.2, 0) is 6.54 Å². The Morgan fingerprint density at radius 1 is 1.43 bits per heavy atom. The van der Waals surface area contributed by atoms with E-state index in [1.165, 1.54) is 36.9 Å². The number of nitrogens with zero attached hydrogens (tertiary/aromatic N) is 1. The normalized spacial score (nSPS) is 17.5. The van der Waals surface area contributed by atoms with Crippen molar-refractivity contribution >= 4 is 0 Å². The largest absolute Gasteiger partial charge is 0.308 e. The van der Waals surface area contributed by atoms with Crippen LogP contribution >= 0.6 is 0 Å². The lowest BCUT2D eigenvalue weighted by Crippen LogP contribution is -2.26. The van der Waals surface area contributed by atoms with Gasteiger partial charge in [0.25, 0.3) is 0 Å². The van der Waals surface area contributed by atoms with Crippen molar-refractivity contribution in [3.05, 3.63) is 29.6 Å². The van der Waals surface area contributed by atoms with Gasteiger partial charge in [0.2, 0.25) is 0 Å². The predicted molar refractivity (Wildman–Crippen MR) is 58.1 cm³/mol. The molecule has 14 heavy (non-hydrogen) atoms. The zero-order chi connectivity index (χ0) is 9.80. The van der Waals surface area contributed by atoms with Gasteiger partial charge in [0.1, 0.15) is 0 Å². The van der Waals surface area contributed by atoms with Crippen molar-refractivity contribution in [3.63, 3.8) is 0 Å². The van der Waals surface area contributed by atoms with Crippen LogP contribution in [0.2, 0.25) is 0 Å². The van der Waals surface area contributed by atoms with Crippen molar-refractivity contribution in [2.75, 3.05) is 0 Å². The minimum atomic E-state index is 0.733. The fourth-order valence-corrected chi connectivity index (χ4v) is 2.07. The molecule has 1 aromatic heterocycles. The molecule has 0 aromatic carbocycles. The Labute approximate surface area is 85.7 Å². The molecule has 0 spiro atoms. The van der Waals surface area contributed by atoms with Crippen molar-refractivity contribution < 1.29 is 0 Å². The minimum Gasteiger partial charge on any atom is -0.308 e. The van der Waals surface area contributed by atoms with Crippen LogP contribution in [0.25, 0.3) is 0 Å². The van der Waals surface area contributed by atoms with E-state index in [-0.39, 0.29) is 0 Å². The molecule has 0 radical (unpaired) electrons. The van der Waals surface area contributed by atoms with Crippen molar-refractivity contribution in [1.82, 2.24) is 10.3 Å². The molecular formula is C12H18N2. The minimum absolute atomic E-state index is 0.733. The van der Waals surface area contributed by atoms with Gasteiger partial charge in [-0.2, -0.15) is 0 Å². The average molecular weight is 190 g/mol. The molecule has 2 rings (SSSR count). The highest BCUT2D eigenvalue weighted by Gasteiger charge is 2.14. The molecule has 1 N–H and O–H groups in total. The molecule has 1 aromatic rings. The van der Waals surface area contributed by atoms with Gasteiger partial charge in [-0.15, -0.1) is 0 Å². The molecular weight excluding hydrogens is 172 g/mol. The summed E-state index contributed by atoms with van der Waals surface area (Å²) >= 11 is 0. The van der Waals surface area contributed by atoms with E-state index in [9.17, 15) is 0 Å². The standard InChI is InChI=1S/C12H18N2/c1-10-5-4-8-13-12(10)9-14-11-6-2-3-7-11/h4-5,8,11,14H,2-3,6-7,9H2,1H3. The van der Waals surface area contributed by atoms with E-state index in [1.54, 1.807) is 0 Å². The molecule has 1 aliphatic carbocycles. The van der Waals surface area contributed by atoms with Crippen molar-refractivity contribution in [1.29, 1.82) is 0 Å². The van der Waals surface area contributed by atoms with Crippen LogP contribution in [0.5, 0.6) is 0 Å². The molecule has 0 unspecified atom stereocenters. The van der Waals surface area contributed by atoms with Gasteiger partial charge >= 0.3 is 0 Å². The van der Waals surface area contributed by atoms with Crippen molar-refractivity contribution in [3.8, 4) is 0 Å². The Morgan fingerprint density at radius 2 is 2.21 bits per heavy atom. The maximum atomic E-state index is 4.38. The number of hydrogen-bond acceptors (Lipinski definition) is 2. The van der Waals surface area contributed by atoms with E-state index in [1.807, 2.05) is 12.3 Å². The summed E-state index contributed by atoms with van der Waals surface area (Å²) in [6, 6.07) is 4.85. The summed E-state index contributed by atoms with van der Waals surface area (Å²) < 4.78 is 0. The number of hydrogen-bond donors (Lipinski definition) is 1. The van der Waals surface area contributed by atoms with Gasteiger partial charge in [-0.3, -0.25) is 4.98 Å². The fourth-order valence-electron chi connectivity index (χ4n) is 2.07. The van der Waals surface area contributed by atoms with Crippen LogP contribution in [0.1, 0.15) is 36.9 Å². The average Bonchev–Trinajstić information content (AvgIpc) is 2.69. The first-order chi connectivity index (χ1) is 6.86. The number of aromatic nitrogens is 1. The molecule has 0 aliphatic heterocycles. The van der Waals surface area contributed by atoms with Crippen LogP contribution in [-0.4, -0.2) is 11.0 Å². The molecule has 76 valence electrons. The summed E-state index contributed by atoms with van der Waals surface area (Å²) in [7, 11) is 0. The Hall–Kier alpha value is -0.890. The van der Waals surface area contributed by atoms with E-state index in [4.69, 9.17) is 0 Å². The van der Waals surface area contributed by atoms with E-state index >= 15 is 0 Å². The molecule has 1 saturated carbocycles. The first-order valence-corrected chi connectivity index (χ1v) is 5.50. The topological polar surface area (TPSA) is 24.9 Å². The SMILES string of the molecule is Cc1cccnc1CNC1CCCC1. The number of pyridine rings is 1. The quantitative estimate of drug-likeness (QED) is 0.791. The van der Waals surface area contributed by atoms with Crippen LogP contribution in [0.3, 0.4) is 0 Å². The highest BCUT2D eigenvalue weighted by molar-refractivity contribution is 5.17. The third-order valence-corrected chi connectivity index (χ3v) is 3.03. The molecule has 2 nitrogen and oxygen atoms in total. The smallest absolute Gasteiger partial charge is 0.0570 e. The first-order valence-electron chi connectivity index (χ1n) is 5.50. The predicted octanol–water partition coefficient (Wildman–Crippen LogP) is 2.42. The molecule has 1 aliphatic rings. The van der Waals surface area contributed by atoms with Crippen molar-refractivity contribution in [2.45, 2.75) is 45.2 Å². The molecule has 1 heterocycles. The maximum absolute atomic E-state index is 4.38. The van der Waals surface area contributed by atoms with Gasteiger partial charge in [-0.1, -0.05) is 18.9 Å². The highest BCUT2D eigenvalue weighted by atomic mass is 14.9. The Morgan fingerprint density at radius 3 is 2.93 bits per heavy atom. The second-order valence-electron chi connectivity index (χ2n) is 4.13. The van der Waals surface area contributed by atoms with Crippen LogP contribution < -0.4 is 5.32 Å². The van der Waals surface area contributed by atoms with Gasteiger partial charge in [0.05, 0.1) is 5.69 Å². The van der Waals surface area contributed by atoms with Gasteiger partial charge in [0, 0.05) is 18.8 Å². The lowest BCUT2D eigenvalue weighted by Gasteiger charge is -2.12. The molecule has 0 amide bonds. The zero-order valence-electron chi connectivity index (χ0n) is 8.79. The van der Waals surface area contributed by atoms with Gasteiger partial charge in [0.15, 0.2) is 0 Å². The summed E-state index contributed by atoms with van der Waals surface area (Å²) in [5.74, 6) is 0. The van der Waals surface area contributed by atoms with Gasteiger partial charge in [-0.25, -0.2) is 0 Å². The monoisotopic (exact) mass is 190 g/mol. The van der Waals surface area contributed by atoms with Crippen LogP contribution in [0.15, 0.2) is 18.3 Å². The van der Waals surface area contributed by atoms with Gasteiger partial charge in [-0.05, 0) is 31.4 Å². The lowest BCUT2D eigenvalue weighted by atomic mass is 10.2. The molecule has 0 saturated heterocycles. The third kappa shape index (κ3) is 2.32. The van der Waals surface area contributed by atoms with Crippen LogP contribution in [0.4, 0.5) is 0 Å². The summed E-state index contributed by atoms with van der Waals surface area (Å²) in [6.07, 6.45) is 7.33. The number of nitrogens with one attached hydrogen (secondary N) is 1. The van der Waals surface area contributed by atoms with Crippen LogP contribution in [0, 0.1) is 6.92 Å². The van der Waals surface area contributed by atoms with E-state index in [0.717, 1.165) is 12.6 Å². The lowest BCUT2D eigenvalue weighted by molar-refractivity contribution is 0.518. The molecule has 2 heteroatoms. The second kappa shape index (κ2) is 4.56. The number of rotatable bonds is 3. The Bertz CT molecular complexity index is 290. The fraction of sp³-hybridized carbons (Fsp3) is 0.583. The van der Waals surface area contributed by atoms with E-state index in [2.05, 4.69) is 23.3 Å². The van der Waals surface area contributed by atoms with Gasteiger partial charge < -0.3 is 5.32 Å². The summed E-state index contributed by atoms with van der Waals surface area (Å²) in [5.41, 5.74) is 2.48. The number of aryl methyl sites for hydroxylation is 1. The third-order valence-electron chi connectivity index (χ3n) is 3.03. The molecule has 0 bridgehead atoms. The van der Waals surface area contributed by atoms with E-state index < -0.39 is 0 Å². The molecule has 0 atom stereocenters. The summed E-state index contributed by atoms with van der Waals surface area (Å²) in [4.78, 5) is 4.38. The van der Waals surface area contributed by atoms with E-state index in [0.29, 0.717) is 0 Å². The first kappa shape index (κ1) is 9.66. The van der Waals surface area contributed by atoms with Crippen molar-refractivity contribution in [2.24, 2.45) is 0 Å². The highest BCUT2D eigenvalue weighted by Crippen LogP contribution is 2.18. The zero-order valence-corrected chi connectivity index (χ0v) is 8.79. The molecule has 1 fully saturated rings. The Balaban J connectivity index is 1.88. The Kier molecular flexibility index (Phi) is 3.14. The second-order valence-corrected chi connectivity index (χ2v) is 4.13. The maximum Gasteiger partial charge on any atom is 0.0570 e. The summed E-state index contributed by atoms with van der Waals surface area (Å²) in [6.45, 7) is 3.05. The summed E-state index contributed by atoms with van der Waals surface area (Å²) in [5, 5.41) is 3.58.